The van der Waals surface area contributed by atoms with Gasteiger partial charge in [-0.3, -0.25) is 9.36 Å². The van der Waals surface area contributed by atoms with Crippen LogP contribution in [0.15, 0.2) is 47.5 Å². The molecule has 9 heteroatoms. The summed E-state index contributed by atoms with van der Waals surface area (Å²) >= 11 is 0. The first-order valence-corrected chi connectivity index (χ1v) is 11.1. The normalized spacial score (nSPS) is 16.2. The van der Waals surface area contributed by atoms with Crippen LogP contribution in [0, 0.1) is 17.6 Å². The topological polar surface area (TPSA) is 75.9 Å². The average molecular weight is 453 g/mol. The van der Waals surface area contributed by atoms with Crippen LogP contribution >= 0.6 is 0 Å². The molecule has 3 heterocycles. The second-order valence-electron chi connectivity index (χ2n) is 8.97. The summed E-state index contributed by atoms with van der Waals surface area (Å²) in [5, 5.41) is 0. The standard InChI is InChI=1S/C24H25F2N5O2/c1-14(2)22(30-13-27-19-11-16(25)17(26)12-21(19)30)23(32)29-9-7-15(8-10-29)31-20-6-4-3-5-18(20)28-24(31)33/h3-6,11-15,22H,7-10H2,1-2H3,(H,28,33). The van der Waals surface area contributed by atoms with Crippen LogP contribution in [-0.4, -0.2) is 43.0 Å². The van der Waals surface area contributed by atoms with E-state index in [1.54, 1.807) is 14.0 Å². The number of aromatic nitrogens is 4. The van der Waals surface area contributed by atoms with E-state index in [0.717, 1.165) is 23.2 Å². The number of nitrogens with zero attached hydrogens (tertiary/aromatic N) is 4. The number of carbonyl (C=O) groups is 1. The van der Waals surface area contributed by atoms with E-state index >= 15 is 0 Å². The van der Waals surface area contributed by atoms with Crippen molar-refractivity contribution in [1.82, 2.24) is 24.0 Å². The van der Waals surface area contributed by atoms with E-state index in [9.17, 15) is 18.4 Å². The molecule has 0 radical (unpaired) electrons. The van der Waals surface area contributed by atoms with Crippen molar-refractivity contribution >= 4 is 28.0 Å². The predicted molar refractivity (Wildman–Crippen MR) is 121 cm³/mol. The second-order valence-corrected chi connectivity index (χ2v) is 8.97. The van der Waals surface area contributed by atoms with Gasteiger partial charge in [-0.2, -0.15) is 0 Å². The first kappa shape index (κ1) is 21.4. The number of nitrogens with one attached hydrogen (secondary N) is 1. The van der Waals surface area contributed by atoms with Crippen molar-refractivity contribution in [3.63, 3.8) is 0 Å². The molecule has 1 amide bonds. The first-order chi connectivity index (χ1) is 15.8. The Morgan fingerprint density at radius 1 is 1.09 bits per heavy atom. The van der Waals surface area contributed by atoms with Crippen molar-refractivity contribution in [1.29, 1.82) is 0 Å². The largest absolute Gasteiger partial charge is 0.341 e. The van der Waals surface area contributed by atoms with Crippen molar-refractivity contribution in [2.24, 2.45) is 5.92 Å². The Kier molecular flexibility index (Phi) is 5.26. The molecule has 4 aromatic rings. The van der Waals surface area contributed by atoms with Crippen molar-refractivity contribution in [2.45, 2.75) is 38.8 Å². The monoisotopic (exact) mass is 453 g/mol. The summed E-state index contributed by atoms with van der Waals surface area (Å²) in [4.78, 5) is 35.0. The molecule has 0 spiro atoms. The molecule has 172 valence electrons. The van der Waals surface area contributed by atoms with Crippen LogP contribution in [0.3, 0.4) is 0 Å². The Morgan fingerprint density at radius 3 is 2.52 bits per heavy atom. The maximum Gasteiger partial charge on any atom is 0.326 e. The molecule has 33 heavy (non-hydrogen) atoms. The molecule has 1 atom stereocenters. The minimum atomic E-state index is -0.968. The summed E-state index contributed by atoms with van der Waals surface area (Å²) in [5.74, 6) is -2.10. The van der Waals surface area contributed by atoms with E-state index in [-0.39, 0.29) is 23.6 Å². The van der Waals surface area contributed by atoms with Crippen LogP contribution in [0.25, 0.3) is 22.1 Å². The van der Waals surface area contributed by atoms with Crippen LogP contribution in [0.1, 0.15) is 38.8 Å². The summed E-state index contributed by atoms with van der Waals surface area (Å²) in [6.07, 6.45) is 2.79. The van der Waals surface area contributed by atoms with Crippen molar-refractivity contribution in [3.05, 3.63) is 64.8 Å². The molecule has 1 N–H and O–H groups in total. The molecule has 0 aliphatic carbocycles. The molecule has 1 unspecified atom stereocenters. The Bertz CT molecular complexity index is 1400. The Balaban J connectivity index is 1.39. The minimum absolute atomic E-state index is 0.00125. The predicted octanol–water partition coefficient (Wildman–Crippen LogP) is 4.02. The number of benzene rings is 2. The van der Waals surface area contributed by atoms with Gasteiger partial charge < -0.3 is 14.5 Å². The molecule has 2 aromatic carbocycles. The highest BCUT2D eigenvalue weighted by Gasteiger charge is 2.33. The zero-order chi connectivity index (χ0) is 23.3. The second kappa shape index (κ2) is 8.13. The van der Waals surface area contributed by atoms with Crippen LogP contribution in [0.4, 0.5) is 8.78 Å². The Labute approximate surface area is 188 Å². The van der Waals surface area contributed by atoms with Crippen LogP contribution in [0.2, 0.25) is 0 Å². The van der Waals surface area contributed by atoms with Gasteiger partial charge >= 0.3 is 5.69 Å². The third kappa shape index (κ3) is 3.61. The molecule has 1 saturated heterocycles. The van der Waals surface area contributed by atoms with Gasteiger partial charge in [0.1, 0.15) is 6.04 Å². The molecule has 1 aliphatic heterocycles. The lowest BCUT2D eigenvalue weighted by atomic mass is 9.99. The Morgan fingerprint density at radius 2 is 1.79 bits per heavy atom. The maximum atomic E-state index is 13.9. The highest BCUT2D eigenvalue weighted by Crippen LogP contribution is 2.30. The van der Waals surface area contributed by atoms with Gasteiger partial charge in [-0.1, -0.05) is 26.0 Å². The fourth-order valence-corrected chi connectivity index (χ4v) is 4.94. The highest BCUT2D eigenvalue weighted by atomic mass is 19.2. The lowest BCUT2D eigenvalue weighted by Gasteiger charge is -2.36. The van der Waals surface area contributed by atoms with Crippen LogP contribution in [-0.2, 0) is 4.79 Å². The quantitative estimate of drug-likeness (QED) is 0.507. The first-order valence-electron chi connectivity index (χ1n) is 11.1. The maximum absolute atomic E-state index is 13.9. The molecule has 0 bridgehead atoms. The number of H-pyrrole nitrogens is 1. The molecular formula is C24H25F2N5O2. The van der Waals surface area contributed by atoms with E-state index in [4.69, 9.17) is 0 Å². The summed E-state index contributed by atoms with van der Waals surface area (Å²) < 4.78 is 31.0. The SMILES string of the molecule is CC(C)C(C(=O)N1CCC(n2c(=O)[nH]c3ccccc32)CC1)n1cnc2cc(F)c(F)cc21. The summed E-state index contributed by atoms with van der Waals surface area (Å²) in [7, 11) is 0. The number of imidazole rings is 2. The molecule has 1 fully saturated rings. The number of carbonyl (C=O) groups excluding carboxylic acids is 1. The van der Waals surface area contributed by atoms with E-state index in [2.05, 4.69) is 9.97 Å². The summed E-state index contributed by atoms with van der Waals surface area (Å²) in [6.45, 7) is 4.86. The lowest BCUT2D eigenvalue weighted by molar-refractivity contribution is -0.137. The molecule has 5 rings (SSSR count). The van der Waals surface area contributed by atoms with Gasteiger partial charge in [0.2, 0.25) is 5.91 Å². The van der Waals surface area contributed by atoms with E-state index in [0.29, 0.717) is 37.0 Å². The van der Waals surface area contributed by atoms with Gasteiger partial charge in [-0.25, -0.2) is 18.6 Å². The third-order valence-corrected chi connectivity index (χ3v) is 6.57. The Hall–Kier alpha value is -3.49. The van der Waals surface area contributed by atoms with Gasteiger partial charge in [0.15, 0.2) is 11.6 Å². The van der Waals surface area contributed by atoms with Gasteiger partial charge in [0.25, 0.3) is 0 Å². The summed E-state index contributed by atoms with van der Waals surface area (Å²) in [6, 6.07) is 9.14. The fourth-order valence-electron chi connectivity index (χ4n) is 4.94. The van der Waals surface area contributed by atoms with Crippen molar-refractivity contribution < 1.29 is 13.6 Å². The van der Waals surface area contributed by atoms with Crippen molar-refractivity contribution in [2.75, 3.05) is 13.1 Å². The number of piperidine rings is 1. The van der Waals surface area contributed by atoms with E-state index in [1.807, 2.05) is 38.1 Å². The third-order valence-electron chi connectivity index (χ3n) is 6.57. The molecule has 2 aromatic heterocycles. The molecular weight excluding hydrogens is 428 g/mol. The number of aromatic amines is 1. The number of hydrogen-bond acceptors (Lipinski definition) is 3. The highest BCUT2D eigenvalue weighted by molar-refractivity contribution is 5.84. The number of amides is 1. The zero-order valence-electron chi connectivity index (χ0n) is 18.5. The number of halogens is 2. The lowest BCUT2D eigenvalue weighted by Crippen LogP contribution is -2.44. The van der Waals surface area contributed by atoms with Gasteiger partial charge in [0, 0.05) is 31.3 Å². The molecule has 7 nitrogen and oxygen atoms in total. The van der Waals surface area contributed by atoms with Crippen LogP contribution in [0.5, 0.6) is 0 Å². The van der Waals surface area contributed by atoms with E-state index in [1.165, 1.54) is 6.33 Å². The van der Waals surface area contributed by atoms with Crippen LogP contribution < -0.4 is 5.69 Å². The van der Waals surface area contributed by atoms with Gasteiger partial charge in [-0.15, -0.1) is 0 Å². The minimum Gasteiger partial charge on any atom is -0.341 e. The number of rotatable bonds is 4. The average Bonchev–Trinajstić information content (AvgIpc) is 3.34. The smallest absolute Gasteiger partial charge is 0.326 e. The molecule has 0 saturated carbocycles. The number of fused-ring (bicyclic) bond motifs is 2. The number of para-hydroxylation sites is 2. The number of hydrogen-bond donors (Lipinski definition) is 1. The van der Waals surface area contributed by atoms with Gasteiger partial charge in [0.05, 0.1) is 28.4 Å². The van der Waals surface area contributed by atoms with Crippen molar-refractivity contribution in [3.8, 4) is 0 Å². The fraction of sp³-hybridized carbons (Fsp3) is 0.375. The van der Waals surface area contributed by atoms with E-state index < -0.39 is 17.7 Å². The molecule has 1 aliphatic rings. The zero-order valence-corrected chi connectivity index (χ0v) is 18.5. The summed E-state index contributed by atoms with van der Waals surface area (Å²) in [5.41, 5.74) is 2.23. The van der Waals surface area contributed by atoms with Gasteiger partial charge in [-0.05, 0) is 30.9 Å². The number of likely N-dealkylation sites (tertiary alicyclic amines) is 1.